The molecule has 1 aliphatic heterocycles. The Bertz CT molecular complexity index is 513. The molecule has 1 atom stereocenters. The molecule has 1 saturated heterocycles. The number of imide groups is 1. The average Bonchev–Trinajstić information content (AvgIpc) is 2.56. The molecule has 0 aliphatic carbocycles. The number of amides is 2. The number of benzene rings is 1. The number of rotatable bonds is 2. The maximum absolute atomic E-state index is 12.4. The number of hydrogen-bond donors (Lipinski definition) is 0. The molecule has 7 heteroatoms. The van der Waals surface area contributed by atoms with E-state index in [0.717, 1.165) is 17.0 Å². The van der Waals surface area contributed by atoms with Gasteiger partial charge in [0.05, 0.1) is 12.1 Å². The van der Waals surface area contributed by atoms with Gasteiger partial charge >= 0.3 is 6.18 Å². The van der Waals surface area contributed by atoms with Crippen molar-refractivity contribution in [3.63, 3.8) is 0 Å². The molecule has 1 aliphatic rings. The molecule has 1 aromatic rings. The molecule has 1 unspecified atom stereocenters. The van der Waals surface area contributed by atoms with Crippen LogP contribution in [0.15, 0.2) is 24.3 Å². The molecule has 0 radical (unpaired) electrons. The van der Waals surface area contributed by atoms with Gasteiger partial charge < -0.3 is 0 Å². The maximum Gasteiger partial charge on any atom is 0.416 e. The smallest absolute Gasteiger partial charge is 0.277 e. The van der Waals surface area contributed by atoms with E-state index in [2.05, 4.69) is 15.9 Å². The lowest BCUT2D eigenvalue weighted by atomic mass is 10.1. The third-order valence-electron chi connectivity index (χ3n) is 2.81. The second-order valence-electron chi connectivity index (χ2n) is 4.18. The van der Waals surface area contributed by atoms with Crippen LogP contribution in [0.3, 0.4) is 0 Å². The fraction of sp³-hybridized carbons (Fsp3) is 0.333. The SMILES string of the molecule is O=C1CC(Br)C(=O)N1Cc1ccc(C(F)(F)F)cc1. The molecule has 1 heterocycles. The summed E-state index contributed by atoms with van der Waals surface area (Å²) in [4.78, 5) is 23.7. The number of carbonyl (C=O) groups is 2. The first-order chi connectivity index (χ1) is 8.79. The van der Waals surface area contributed by atoms with Gasteiger partial charge in [0.15, 0.2) is 0 Å². The molecule has 0 spiro atoms. The van der Waals surface area contributed by atoms with Crippen LogP contribution in [-0.4, -0.2) is 21.5 Å². The maximum atomic E-state index is 12.4. The Kier molecular flexibility index (Phi) is 3.66. The Balaban J connectivity index is 2.12. The highest BCUT2D eigenvalue weighted by Crippen LogP contribution is 2.29. The first kappa shape index (κ1) is 14.0. The Morgan fingerprint density at radius 3 is 2.21 bits per heavy atom. The Labute approximate surface area is 115 Å². The molecule has 0 saturated carbocycles. The molecule has 0 N–H and O–H groups in total. The zero-order valence-electron chi connectivity index (χ0n) is 9.58. The highest BCUT2D eigenvalue weighted by molar-refractivity contribution is 9.10. The summed E-state index contributed by atoms with van der Waals surface area (Å²) >= 11 is 3.07. The van der Waals surface area contributed by atoms with Gasteiger partial charge in [-0.05, 0) is 17.7 Å². The molecular weight excluding hydrogens is 327 g/mol. The van der Waals surface area contributed by atoms with E-state index in [-0.39, 0.29) is 24.8 Å². The van der Waals surface area contributed by atoms with E-state index in [0.29, 0.717) is 5.56 Å². The molecule has 19 heavy (non-hydrogen) atoms. The zero-order valence-corrected chi connectivity index (χ0v) is 11.2. The average molecular weight is 336 g/mol. The van der Waals surface area contributed by atoms with Crippen molar-refractivity contribution >= 4 is 27.7 Å². The Morgan fingerprint density at radius 1 is 1.21 bits per heavy atom. The van der Waals surface area contributed by atoms with Crippen molar-refractivity contribution in [1.29, 1.82) is 0 Å². The van der Waals surface area contributed by atoms with Gasteiger partial charge in [0.1, 0.15) is 4.83 Å². The summed E-state index contributed by atoms with van der Waals surface area (Å²) < 4.78 is 37.1. The minimum atomic E-state index is -4.39. The molecule has 0 aromatic heterocycles. The molecule has 2 amide bonds. The number of alkyl halides is 4. The lowest BCUT2D eigenvalue weighted by Crippen LogP contribution is -2.30. The molecule has 3 nitrogen and oxygen atoms in total. The van der Waals surface area contributed by atoms with Crippen molar-refractivity contribution in [2.75, 3.05) is 0 Å². The van der Waals surface area contributed by atoms with E-state index in [4.69, 9.17) is 0 Å². The van der Waals surface area contributed by atoms with Crippen LogP contribution in [0.2, 0.25) is 0 Å². The number of nitrogens with zero attached hydrogens (tertiary/aromatic N) is 1. The van der Waals surface area contributed by atoms with Gasteiger partial charge in [-0.25, -0.2) is 0 Å². The summed E-state index contributed by atoms with van der Waals surface area (Å²) in [6, 6.07) is 4.41. The molecule has 102 valence electrons. The molecule has 0 bridgehead atoms. The van der Waals surface area contributed by atoms with E-state index in [9.17, 15) is 22.8 Å². The first-order valence-electron chi connectivity index (χ1n) is 5.43. The third kappa shape index (κ3) is 2.97. The fourth-order valence-corrected chi connectivity index (χ4v) is 2.31. The van der Waals surface area contributed by atoms with E-state index in [1.165, 1.54) is 12.1 Å². The van der Waals surface area contributed by atoms with Crippen LogP contribution in [0, 0.1) is 0 Å². The standard InChI is InChI=1S/C12H9BrF3NO2/c13-9-5-10(18)17(11(9)19)6-7-1-3-8(4-2-7)12(14,15)16/h1-4,9H,5-6H2. The third-order valence-corrected chi connectivity index (χ3v) is 3.53. The molecule has 1 aromatic carbocycles. The lowest BCUT2D eigenvalue weighted by molar-refractivity contribution is -0.139. The fourth-order valence-electron chi connectivity index (χ4n) is 1.79. The highest BCUT2D eigenvalue weighted by atomic mass is 79.9. The summed E-state index contributed by atoms with van der Waals surface area (Å²) in [5, 5.41) is 0. The molecule has 1 fully saturated rings. The number of likely N-dealkylation sites (tertiary alicyclic amines) is 1. The second-order valence-corrected chi connectivity index (χ2v) is 5.29. The number of hydrogen-bond acceptors (Lipinski definition) is 2. The van der Waals surface area contributed by atoms with Gasteiger partial charge in [0.25, 0.3) is 0 Å². The van der Waals surface area contributed by atoms with Crippen LogP contribution in [0.1, 0.15) is 17.5 Å². The number of halogens is 4. The summed E-state index contributed by atoms with van der Waals surface area (Å²) in [6.45, 7) is -0.00208. The minimum Gasteiger partial charge on any atom is -0.277 e. The Hall–Kier alpha value is -1.37. The molecular formula is C12H9BrF3NO2. The summed E-state index contributed by atoms with van der Waals surface area (Å²) in [5.74, 6) is -0.684. The van der Waals surface area contributed by atoms with Crippen molar-refractivity contribution in [1.82, 2.24) is 4.90 Å². The van der Waals surface area contributed by atoms with E-state index in [1.54, 1.807) is 0 Å². The van der Waals surface area contributed by atoms with Gasteiger partial charge in [-0.2, -0.15) is 13.2 Å². The van der Waals surface area contributed by atoms with E-state index in [1.807, 2.05) is 0 Å². The van der Waals surface area contributed by atoms with Crippen molar-refractivity contribution in [3.8, 4) is 0 Å². The summed E-state index contributed by atoms with van der Waals surface area (Å²) in [7, 11) is 0. The van der Waals surface area contributed by atoms with Gasteiger partial charge in [-0.3, -0.25) is 14.5 Å². The topological polar surface area (TPSA) is 37.4 Å². The van der Waals surface area contributed by atoms with Gasteiger partial charge in [-0.15, -0.1) is 0 Å². The molecule has 2 rings (SSSR count). The van der Waals surface area contributed by atoms with Gasteiger partial charge in [-0.1, -0.05) is 28.1 Å². The van der Waals surface area contributed by atoms with Crippen LogP contribution >= 0.6 is 15.9 Å². The van der Waals surface area contributed by atoms with Gasteiger partial charge in [0, 0.05) is 6.42 Å². The van der Waals surface area contributed by atoms with E-state index < -0.39 is 16.6 Å². The van der Waals surface area contributed by atoms with Crippen LogP contribution in [-0.2, 0) is 22.3 Å². The van der Waals surface area contributed by atoms with Crippen LogP contribution < -0.4 is 0 Å². The summed E-state index contributed by atoms with van der Waals surface area (Å²) in [5.41, 5.74) is -0.273. The van der Waals surface area contributed by atoms with Crippen molar-refractivity contribution < 1.29 is 22.8 Å². The monoisotopic (exact) mass is 335 g/mol. The number of carbonyl (C=O) groups excluding carboxylic acids is 2. The second kappa shape index (κ2) is 4.96. The normalized spacial score (nSPS) is 20.2. The minimum absolute atomic E-state index is 0.00208. The largest absolute Gasteiger partial charge is 0.416 e. The summed E-state index contributed by atoms with van der Waals surface area (Å²) in [6.07, 6.45) is -4.31. The van der Waals surface area contributed by atoms with Crippen LogP contribution in [0.25, 0.3) is 0 Å². The van der Waals surface area contributed by atoms with Crippen molar-refractivity contribution in [2.24, 2.45) is 0 Å². The van der Waals surface area contributed by atoms with Crippen LogP contribution in [0.4, 0.5) is 13.2 Å². The van der Waals surface area contributed by atoms with Crippen LogP contribution in [0.5, 0.6) is 0 Å². The quantitative estimate of drug-likeness (QED) is 0.615. The highest BCUT2D eigenvalue weighted by Gasteiger charge is 2.37. The zero-order chi connectivity index (χ0) is 14.2. The first-order valence-corrected chi connectivity index (χ1v) is 6.35. The van der Waals surface area contributed by atoms with Crippen molar-refractivity contribution in [3.05, 3.63) is 35.4 Å². The predicted molar refractivity (Wildman–Crippen MR) is 64.3 cm³/mol. The Morgan fingerprint density at radius 2 is 1.79 bits per heavy atom. The van der Waals surface area contributed by atoms with Gasteiger partial charge in [0.2, 0.25) is 11.8 Å². The lowest BCUT2D eigenvalue weighted by Gasteiger charge is -2.14. The van der Waals surface area contributed by atoms with Crippen molar-refractivity contribution in [2.45, 2.75) is 24.0 Å². The predicted octanol–water partition coefficient (Wildman–Crippen LogP) is 2.73. The van der Waals surface area contributed by atoms with E-state index >= 15 is 0 Å².